The van der Waals surface area contributed by atoms with Crippen molar-refractivity contribution < 1.29 is 24.5 Å². The largest absolute Gasteiger partial charge is 0.508 e. The van der Waals surface area contributed by atoms with Crippen LogP contribution in [0.15, 0.2) is 24.3 Å². The van der Waals surface area contributed by atoms with Crippen LogP contribution in [0.25, 0.3) is 0 Å². The quantitative estimate of drug-likeness (QED) is 0.794. The maximum Gasteiger partial charge on any atom is 0.341 e. The van der Waals surface area contributed by atoms with Crippen LogP contribution in [0, 0.1) is 20.8 Å². The number of carboxylic acid groups (broad SMARTS) is 1. The third-order valence-corrected chi connectivity index (χ3v) is 3.95. The number of phenolic OH excluding ortho intramolecular Hbond substituents is 1. The Morgan fingerprint density at radius 1 is 1.04 bits per heavy atom. The number of aromatic hydroxyl groups is 1. The van der Waals surface area contributed by atoms with Crippen LogP contribution in [-0.2, 0) is 4.79 Å². The number of aliphatic carboxylic acids is 1. The Kier molecular flexibility index (Phi) is 5.57. The highest BCUT2D eigenvalue weighted by molar-refractivity contribution is 5.68. The van der Waals surface area contributed by atoms with Gasteiger partial charge in [-0.3, -0.25) is 0 Å². The van der Waals surface area contributed by atoms with Gasteiger partial charge in [0.05, 0.1) is 0 Å². The molecule has 0 aliphatic rings. The smallest absolute Gasteiger partial charge is 0.341 e. The molecule has 0 aromatic heterocycles. The van der Waals surface area contributed by atoms with E-state index in [4.69, 9.17) is 14.6 Å². The molecule has 2 aromatic carbocycles. The van der Waals surface area contributed by atoms with E-state index < -0.39 is 5.97 Å². The highest BCUT2D eigenvalue weighted by Gasteiger charge is 2.14. The molecule has 0 aliphatic heterocycles. The third-order valence-electron chi connectivity index (χ3n) is 3.95. The van der Waals surface area contributed by atoms with E-state index in [0.29, 0.717) is 17.2 Å². The van der Waals surface area contributed by atoms with Gasteiger partial charge < -0.3 is 19.7 Å². The van der Waals surface area contributed by atoms with E-state index in [0.717, 1.165) is 22.3 Å². The van der Waals surface area contributed by atoms with Crippen LogP contribution in [-0.4, -0.2) is 22.8 Å². The van der Waals surface area contributed by atoms with Crippen molar-refractivity contribution >= 4 is 5.97 Å². The van der Waals surface area contributed by atoms with Crippen LogP contribution in [0.2, 0.25) is 0 Å². The zero-order valence-corrected chi connectivity index (χ0v) is 15.2. The highest BCUT2D eigenvalue weighted by atomic mass is 16.5. The highest BCUT2D eigenvalue weighted by Crippen LogP contribution is 2.37. The molecule has 0 saturated heterocycles. The van der Waals surface area contributed by atoms with Gasteiger partial charge in [0.2, 0.25) is 0 Å². The van der Waals surface area contributed by atoms with Gasteiger partial charge in [0.25, 0.3) is 0 Å². The fourth-order valence-electron chi connectivity index (χ4n) is 2.67. The van der Waals surface area contributed by atoms with Crippen LogP contribution in [0.4, 0.5) is 0 Å². The molecule has 25 heavy (non-hydrogen) atoms. The topological polar surface area (TPSA) is 76.0 Å². The van der Waals surface area contributed by atoms with Crippen molar-refractivity contribution in [3.05, 3.63) is 46.5 Å². The van der Waals surface area contributed by atoms with Gasteiger partial charge in [0.1, 0.15) is 23.0 Å². The van der Waals surface area contributed by atoms with Crippen LogP contribution < -0.4 is 9.47 Å². The van der Waals surface area contributed by atoms with Crippen molar-refractivity contribution in [1.82, 2.24) is 0 Å². The standard InChI is InChI=1S/C20H24O5/c1-11(2)16-9-18(12(3)8-17(16)21)25-20-13(4)6-15(7-14(20)5)24-10-19(22)23/h6-9,11,21H,10H2,1-5H3,(H,22,23). The Hall–Kier alpha value is -2.69. The Morgan fingerprint density at radius 3 is 2.16 bits per heavy atom. The molecule has 0 atom stereocenters. The predicted octanol–water partition coefficient (Wildman–Crippen LogP) is 4.70. The molecule has 0 amide bonds. The molecule has 5 heteroatoms. The number of phenols is 1. The number of carboxylic acids is 1. The first-order valence-corrected chi connectivity index (χ1v) is 8.16. The number of benzene rings is 2. The maximum absolute atomic E-state index is 10.6. The Balaban J connectivity index is 2.34. The average Bonchev–Trinajstić information content (AvgIpc) is 2.50. The molecule has 0 aliphatic carbocycles. The van der Waals surface area contributed by atoms with Crippen LogP contribution in [0.1, 0.15) is 42.0 Å². The normalized spacial score (nSPS) is 10.8. The lowest BCUT2D eigenvalue weighted by Gasteiger charge is -2.17. The summed E-state index contributed by atoms with van der Waals surface area (Å²) in [5, 5.41) is 18.8. The van der Waals surface area contributed by atoms with E-state index in [2.05, 4.69) is 0 Å². The summed E-state index contributed by atoms with van der Waals surface area (Å²) in [5.41, 5.74) is 3.36. The second-order valence-corrected chi connectivity index (χ2v) is 6.50. The summed E-state index contributed by atoms with van der Waals surface area (Å²) in [5.74, 6) is 1.31. The van der Waals surface area contributed by atoms with Gasteiger partial charge in [0.15, 0.2) is 6.61 Å². The molecule has 0 radical (unpaired) electrons. The first-order chi connectivity index (χ1) is 11.7. The van der Waals surface area contributed by atoms with Gasteiger partial charge in [-0.2, -0.15) is 0 Å². The van der Waals surface area contributed by atoms with Gasteiger partial charge in [-0.25, -0.2) is 4.79 Å². The lowest BCUT2D eigenvalue weighted by Crippen LogP contribution is -2.09. The number of hydrogen-bond acceptors (Lipinski definition) is 4. The van der Waals surface area contributed by atoms with Gasteiger partial charge in [-0.15, -0.1) is 0 Å². The second-order valence-electron chi connectivity index (χ2n) is 6.50. The Bertz CT molecular complexity index is 770. The van der Waals surface area contributed by atoms with Crippen molar-refractivity contribution in [2.24, 2.45) is 0 Å². The number of aryl methyl sites for hydroxylation is 3. The lowest BCUT2D eigenvalue weighted by molar-refractivity contribution is -0.139. The molecule has 0 bridgehead atoms. The number of carbonyl (C=O) groups is 1. The van der Waals surface area contributed by atoms with Crippen molar-refractivity contribution in [1.29, 1.82) is 0 Å². The predicted molar refractivity (Wildman–Crippen MR) is 96.1 cm³/mol. The molecule has 0 saturated carbocycles. The Morgan fingerprint density at radius 2 is 1.64 bits per heavy atom. The summed E-state index contributed by atoms with van der Waals surface area (Å²) in [4.78, 5) is 10.6. The zero-order chi connectivity index (χ0) is 18.7. The SMILES string of the molecule is Cc1cc(O)c(C(C)C)cc1Oc1c(C)cc(OCC(=O)O)cc1C. The first kappa shape index (κ1) is 18.6. The number of ether oxygens (including phenoxy) is 2. The molecule has 0 spiro atoms. The van der Waals surface area contributed by atoms with Crippen LogP contribution >= 0.6 is 0 Å². The molecule has 5 nitrogen and oxygen atoms in total. The third kappa shape index (κ3) is 4.44. The number of rotatable bonds is 6. The van der Waals surface area contributed by atoms with Crippen molar-refractivity contribution in [3.63, 3.8) is 0 Å². The fraction of sp³-hybridized carbons (Fsp3) is 0.350. The molecule has 2 N–H and O–H groups in total. The van der Waals surface area contributed by atoms with Gasteiger partial charge in [-0.1, -0.05) is 13.8 Å². The van der Waals surface area contributed by atoms with E-state index in [9.17, 15) is 9.90 Å². The Labute approximate surface area is 147 Å². The molecule has 134 valence electrons. The second kappa shape index (κ2) is 7.47. The van der Waals surface area contributed by atoms with Crippen LogP contribution in [0.5, 0.6) is 23.0 Å². The van der Waals surface area contributed by atoms with Gasteiger partial charge >= 0.3 is 5.97 Å². The van der Waals surface area contributed by atoms with E-state index >= 15 is 0 Å². The minimum Gasteiger partial charge on any atom is -0.508 e. The summed E-state index contributed by atoms with van der Waals surface area (Å²) < 4.78 is 11.4. The van der Waals surface area contributed by atoms with E-state index in [1.54, 1.807) is 18.2 Å². The van der Waals surface area contributed by atoms with Gasteiger partial charge in [0, 0.05) is 5.56 Å². The molecular weight excluding hydrogens is 320 g/mol. The van der Waals surface area contributed by atoms with Crippen molar-refractivity contribution in [3.8, 4) is 23.0 Å². The monoisotopic (exact) mass is 344 g/mol. The van der Waals surface area contributed by atoms with Crippen molar-refractivity contribution in [2.75, 3.05) is 6.61 Å². The first-order valence-electron chi connectivity index (χ1n) is 8.16. The van der Waals surface area contributed by atoms with Crippen LogP contribution in [0.3, 0.4) is 0 Å². The number of hydrogen-bond donors (Lipinski definition) is 2. The average molecular weight is 344 g/mol. The molecule has 0 unspecified atom stereocenters. The molecule has 2 rings (SSSR count). The van der Waals surface area contributed by atoms with Crippen molar-refractivity contribution in [2.45, 2.75) is 40.5 Å². The minimum absolute atomic E-state index is 0.178. The van der Waals surface area contributed by atoms with E-state index in [-0.39, 0.29) is 18.3 Å². The van der Waals surface area contributed by atoms with E-state index in [1.807, 2.05) is 40.7 Å². The fourth-order valence-corrected chi connectivity index (χ4v) is 2.67. The molecule has 0 fully saturated rings. The molecule has 0 heterocycles. The molecular formula is C20H24O5. The maximum atomic E-state index is 10.6. The minimum atomic E-state index is -1.02. The van der Waals surface area contributed by atoms with E-state index in [1.165, 1.54) is 0 Å². The molecule has 2 aromatic rings. The summed E-state index contributed by atoms with van der Waals surface area (Å²) in [7, 11) is 0. The van der Waals surface area contributed by atoms with Gasteiger partial charge in [-0.05, 0) is 67.6 Å². The summed E-state index contributed by atoms with van der Waals surface area (Å²) >= 11 is 0. The zero-order valence-electron chi connectivity index (χ0n) is 15.2. The lowest BCUT2D eigenvalue weighted by atomic mass is 10.00. The summed E-state index contributed by atoms with van der Waals surface area (Å²) in [6, 6.07) is 7.08. The summed E-state index contributed by atoms with van der Waals surface area (Å²) in [6.45, 7) is 9.30. The summed E-state index contributed by atoms with van der Waals surface area (Å²) in [6.07, 6.45) is 0.